The van der Waals surface area contributed by atoms with Crippen molar-refractivity contribution in [1.82, 2.24) is 0 Å². The standard InChI is InChI=1S/C4H3NO3S/c6-3(7)2-1-9-4(8)5-2/h1H2,(H,6,7). The highest BCUT2D eigenvalue weighted by Crippen LogP contribution is 2.13. The van der Waals surface area contributed by atoms with Crippen molar-refractivity contribution in [3.63, 3.8) is 0 Å². The molecule has 4 nitrogen and oxygen atoms in total. The first-order valence-electron chi connectivity index (χ1n) is 2.18. The van der Waals surface area contributed by atoms with Crippen molar-refractivity contribution in [3.8, 4) is 0 Å². The summed E-state index contributed by atoms with van der Waals surface area (Å²) in [5.41, 5.74) is -0.0509. The molecule has 0 bridgehead atoms. The summed E-state index contributed by atoms with van der Waals surface area (Å²) in [4.78, 5) is 23.5. The van der Waals surface area contributed by atoms with Crippen LogP contribution in [0.3, 0.4) is 0 Å². The maximum Gasteiger partial charge on any atom is 0.351 e. The molecule has 48 valence electrons. The van der Waals surface area contributed by atoms with Crippen molar-refractivity contribution in [1.29, 1.82) is 0 Å². The zero-order valence-electron chi connectivity index (χ0n) is 4.33. The van der Waals surface area contributed by atoms with E-state index in [4.69, 9.17) is 5.11 Å². The molecule has 1 N–H and O–H groups in total. The quantitative estimate of drug-likeness (QED) is 0.579. The van der Waals surface area contributed by atoms with Crippen molar-refractivity contribution >= 4 is 28.7 Å². The molecule has 0 saturated heterocycles. The van der Waals surface area contributed by atoms with Gasteiger partial charge in [-0.05, 0) is 0 Å². The SMILES string of the molecule is O=C1N=C(C(=O)O)CS1. The number of nitrogens with zero attached hydrogens (tertiary/aromatic N) is 1. The van der Waals surface area contributed by atoms with Crippen molar-refractivity contribution in [2.75, 3.05) is 5.75 Å². The molecule has 0 aromatic heterocycles. The summed E-state index contributed by atoms with van der Waals surface area (Å²) in [7, 11) is 0. The van der Waals surface area contributed by atoms with E-state index >= 15 is 0 Å². The van der Waals surface area contributed by atoms with Gasteiger partial charge in [-0.2, -0.15) is 4.99 Å². The zero-order valence-corrected chi connectivity index (χ0v) is 5.14. The van der Waals surface area contributed by atoms with Crippen molar-refractivity contribution < 1.29 is 14.7 Å². The van der Waals surface area contributed by atoms with Crippen LogP contribution in [0.15, 0.2) is 4.99 Å². The number of carboxylic acid groups (broad SMARTS) is 1. The number of amides is 1. The van der Waals surface area contributed by atoms with Gasteiger partial charge >= 0.3 is 11.2 Å². The molecule has 0 aromatic carbocycles. The lowest BCUT2D eigenvalue weighted by molar-refractivity contribution is -0.129. The Balaban J connectivity index is 2.74. The monoisotopic (exact) mass is 145 g/mol. The Hall–Kier alpha value is -0.840. The van der Waals surface area contributed by atoms with Crippen LogP contribution in [0.1, 0.15) is 0 Å². The third kappa shape index (κ3) is 1.29. The number of hydrogen-bond donors (Lipinski definition) is 1. The lowest BCUT2D eigenvalue weighted by Gasteiger charge is -1.82. The van der Waals surface area contributed by atoms with Crippen LogP contribution < -0.4 is 0 Å². The predicted molar refractivity (Wildman–Crippen MR) is 32.9 cm³/mol. The topological polar surface area (TPSA) is 66.7 Å². The van der Waals surface area contributed by atoms with Gasteiger partial charge < -0.3 is 5.11 Å². The van der Waals surface area contributed by atoms with Crippen LogP contribution in [-0.2, 0) is 4.79 Å². The summed E-state index contributed by atoms with van der Waals surface area (Å²) in [6.07, 6.45) is 0. The fourth-order valence-electron chi connectivity index (χ4n) is 0.414. The molecule has 1 aliphatic heterocycles. The summed E-state index contributed by atoms with van der Waals surface area (Å²) in [6.45, 7) is 0. The van der Waals surface area contributed by atoms with Crippen molar-refractivity contribution in [2.24, 2.45) is 4.99 Å². The van der Waals surface area contributed by atoms with E-state index in [1.165, 1.54) is 0 Å². The Morgan fingerprint density at radius 1 is 1.78 bits per heavy atom. The van der Waals surface area contributed by atoms with E-state index in [0.29, 0.717) is 0 Å². The fraction of sp³-hybridized carbons (Fsp3) is 0.250. The molecule has 0 atom stereocenters. The summed E-state index contributed by atoms with van der Waals surface area (Å²) in [6, 6.07) is 0. The smallest absolute Gasteiger partial charge is 0.351 e. The van der Waals surface area contributed by atoms with Gasteiger partial charge in [-0.1, -0.05) is 11.8 Å². The first-order chi connectivity index (χ1) is 4.20. The van der Waals surface area contributed by atoms with Crippen LogP contribution >= 0.6 is 11.8 Å². The Kier molecular flexibility index (Phi) is 1.52. The Morgan fingerprint density at radius 2 is 2.44 bits per heavy atom. The minimum Gasteiger partial charge on any atom is -0.477 e. The highest BCUT2D eigenvalue weighted by Gasteiger charge is 2.19. The van der Waals surface area contributed by atoms with Gasteiger partial charge in [-0.25, -0.2) is 4.79 Å². The van der Waals surface area contributed by atoms with E-state index in [9.17, 15) is 9.59 Å². The number of carbonyl (C=O) groups excluding carboxylic acids is 1. The highest BCUT2D eigenvalue weighted by molar-refractivity contribution is 8.14. The summed E-state index contributed by atoms with van der Waals surface area (Å²) in [5.74, 6) is -0.901. The number of rotatable bonds is 1. The van der Waals surface area contributed by atoms with Gasteiger partial charge in [-0.15, -0.1) is 0 Å². The number of aliphatic carboxylic acids is 1. The van der Waals surface area contributed by atoms with Gasteiger partial charge in [0.2, 0.25) is 0 Å². The first kappa shape index (κ1) is 6.28. The Labute approximate surface area is 55.0 Å². The van der Waals surface area contributed by atoms with E-state index in [0.717, 1.165) is 11.8 Å². The number of carboxylic acids is 1. The molecule has 1 heterocycles. The fourth-order valence-corrected chi connectivity index (χ4v) is 1.04. The lowest BCUT2D eigenvalue weighted by atomic mass is 10.4. The molecule has 0 radical (unpaired) electrons. The minimum atomic E-state index is -1.10. The van der Waals surface area contributed by atoms with Gasteiger partial charge in [0.15, 0.2) is 0 Å². The third-order valence-corrected chi connectivity index (χ3v) is 1.56. The van der Waals surface area contributed by atoms with Crippen LogP contribution in [0.2, 0.25) is 0 Å². The molecule has 0 aliphatic carbocycles. The summed E-state index contributed by atoms with van der Waals surface area (Å²) < 4.78 is 0. The molecule has 0 spiro atoms. The van der Waals surface area contributed by atoms with Crippen molar-refractivity contribution in [3.05, 3.63) is 0 Å². The number of carbonyl (C=O) groups is 2. The average Bonchev–Trinajstić information content (AvgIpc) is 2.14. The molecule has 5 heteroatoms. The number of aliphatic imine (C=N–C) groups is 1. The van der Waals surface area contributed by atoms with Gasteiger partial charge in [0.05, 0.1) is 5.75 Å². The van der Waals surface area contributed by atoms with Gasteiger partial charge in [0.1, 0.15) is 5.71 Å². The number of thioether (sulfide) groups is 1. The van der Waals surface area contributed by atoms with Crippen molar-refractivity contribution in [2.45, 2.75) is 0 Å². The van der Waals surface area contributed by atoms with E-state index in [1.807, 2.05) is 0 Å². The van der Waals surface area contributed by atoms with Crippen LogP contribution in [0.25, 0.3) is 0 Å². The van der Waals surface area contributed by atoms with E-state index in [1.54, 1.807) is 0 Å². The van der Waals surface area contributed by atoms with Gasteiger partial charge in [0, 0.05) is 0 Å². The molecule has 0 fully saturated rings. The largest absolute Gasteiger partial charge is 0.477 e. The van der Waals surface area contributed by atoms with Crippen LogP contribution in [0, 0.1) is 0 Å². The molecule has 0 aromatic rings. The summed E-state index contributed by atoms with van der Waals surface area (Å²) in [5, 5.41) is 7.82. The minimum absolute atomic E-state index is 0.0509. The lowest BCUT2D eigenvalue weighted by Crippen LogP contribution is -2.11. The molecule has 0 saturated carbocycles. The van der Waals surface area contributed by atoms with E-state index in [-0.39, 0.29) is 11.5 Å². The van der Waals surface area contributed by atoms with E-state index in [2.05, 4.69) is 4.99 Å². The highest BCUT2D eigenvalue weighted by atomic mass is 32.2. The van der Waals surface area contributed by atoms with Crippen LogP contribution in [-0.4, -0.2) is 27.8 Å². The zero-order chi connectivity index (χ0) is 6.85. The first-order valence-corrected chi connectivity index (χ1v) is 3.16. The number of hydrogen-bond acceptors (Lipinski definition) is 3. The van der Waals surface area contributed by atoms with Gasteiger partial charge in [0.25, 0.3) is 0 Å². The normalized spacial score (nSPS) is 17.8. The third-order valence-electron chi connectivity index (χ3n) is 0.805. The maximum absolute atomic E-state index is 10.3. The average molecular weight is 145 g/mol. The maximum atomic E-state index is 10.3. The van der Waals surface area contributed by atoms with Gasteiger partial charge in [-0.3, -0.25) is 4.79 Å². The molecule has 1 amide bonds. The van der Waals surface area contributed by atoms with E-state index < -0.39 is 11.2 Å². The molecular formula is C4H3NO3S. The molecule has 0 unspecified atom stereocenters. The van der Waals surface area contributed by atoms with Crippen LogP contribution in [0.4, 0.5) is 4.79 Å². The second-order valence-corrected chi connectivity index (χ2v) is 2.34. The molecular weight excluding hydrogens is 142 g/mol. The van der Waals surface area contributed by atoms with Crippen LogP contribution in [0.5, 0.6) is 0 Å². The molecule has 1 rings (SSSR count). The summed E-state index contributed by atoms with van der Waals surface area (Å²) >= 11 is 0.910. The predicted octanol–water partition coefficient (Wildman–Crippen LogP) is 0.379. The second-order valence-electron chi connectivity index (χ2n) is 1.42. The molecule has 1 aliphatic rings. The molecule has 9 heavy (non-hydrogen) atoms. The Morgan fingerprint density at radius 3 is 2.67 bits per heavy atom. The Bertz CT molecular complexity index is 198. The second kappa shape index (κ2) is 2.18.